The Hall–Kier alpha value is -1.30. The Morgan fingerprint density at radius 1 is 1.21 bits per heavy atom. The first-order chi connectivity index (χ1) is 11.7. The van der Waals surface area contributed by atoms with Crippen molar-refractivity contribution in [3.63, 3.8) is 0 Å². The van der Waals surface area contributed by atoms with Gasteiger partial charge in [-0.3, -0.25) is 9.79 Å². The summed E-state index contributed by atoms with van der Waals surface area (Å²) in [7, 11) is 1.82. The number of hydrogen-bond donors (Lipinski definition) is 2. The second-order valence-corrected chi connectivity index (χ2v) is 6.68. The van der Waals surface area contributed by atoms with E-state index in [0.29, 0.717) is 31.3 Å². The number of rotatable bonds is 10. The van der Waals surface area contributed by atoms with Gasteiger partial charge in [0.15, 0.2) is 5.96 Å². The summed E-state index contributed by atoms with van der Waals surface area (Å²) in [5.74, 6) is 0.817. The smallest absolute Gasteiger partial charge is 0.305 e. The summed E-state index contributed by atoms with van der Waals surface area (Å²) in [5, 5.41) is 6.89. The molecule has 0 aliphatic carbocycles. The molecule has 2 saturated heterocycles. The van der Waals surface area contributed by atoms with Gasteiger partial charge in [-0.05, 0) is 39.0 Å². The second kappa shape index (κ2) is 10.5. The van der Waals surface area contributed by atoms with E-state index in [1.807, 2.05) is 14.0 Å². The number of aliphatic imine (C=N–C) groups is 1. The van der Waals surface area contributed by atoms with E-state index in [-0.39, 0.29) is 5.97 Å². The minimum absolute atomic E-state index is 0.0707. The Labute approximate surface area is 145 Å². The summed E-state index contributed by atoms with van der Waals surface area (Å²) in [6, 6.07) is 0.415. The molecule has 0 aromatic heterocycles. The van der Waals surface area contributed by atoms with Gasteiger partial charge in [0.05, 0.1) is 24.9 Å². The molecule has 2 bridgehead atoms. The fourth-order valence-electron chi connectivity index (χ4n) is 3.52. The van der Waals surface area contributed by atoms with E-state index in [4.69, 9.17) is 9.47 Å². The van der Waals surface area contributed by atoms with Crippen LogP contribution in [0.2, 0.25) is 0 Å². The summed E-state index contributed by atoms with van der Waals surface area (Å²) in [4.78, 5) is 15.5. The van der Waals surface area contributed by atoms with Crippen LogP contribution >= 0.6 is 0 Å². The molecule has 0 radical (unpaired) electrons. The molecule has 0 aromatic rings. The molecule has 0 spiro atoms. The third-order valence-electron chi connectivity index (χ3n) is 4.81. The molecule has 6 nitrogen and oxygen atoms in total. The molecule has 3 unspecified atom stereocenters. The lowest BCUT2D eigenvalue weighted by Gasteiger charge is -2.22. The summed E-state index contributed by atoms with van der Waals surface area (Å²) >= 11 is 0. The van der Waals surface area contributed by atoms with Crippen LogP contribution in [0.15, 0.2) is 4.99 Å². The maximum atomic E-state index is 11.2. The standard InChI is InChI=1S/C18H33N3O3/c1-3-23-17(22)9-7-5-4-6-8-12-20-18(19-2)21-15-13-14-10-11-16(15)24-14/h14-16H,3-13H2,1-2H3,(H2,19,20,21). The SMILES string of the molecule is CCOC(=O)CCCCCCCNC(=NC)NC1CC2CCC1O2. The van der Waals surface area contributed by atoms with Crippen molar-refractivity contribution in [2.45, 2.75) is 83.0 Å². The largest absolute Gasteiger partial charge is 0.466 e. The Kier molecular flexibility index (Phi) is 8.36. The van der Waals surface area contributed by atoms with Crippen LogP contribution in [0.3, 0.4) is 0 Å². The molecule has 24 heavy (non-hydrogen) atoms. The second-order valence-electron chi connectivity index (χ2n) is 6.68. The molecule has 138 valence electrons. The first-order valence-corrected chi connectivity index (χ1v) is 9.51. The Morgan fingerprint density at radius 2 is 2.00 bits per heavy atom. The number of esters is 1. The molecule has 6 heteroatoms. The number of hydrogen-bond acceptors (Lipinski definition) is 4. The first-order valence-electron chi connectivity index (χ1n) is 9.51. The molecular formula is C18H33N3O3. The van der Waals surface area contributed by atoms with E-state index in [1.54, 1.807) is 0 Å². The van der Waals surface area contributed by atoms with Crippen LogP contribution in [0.25, 0.3) is 0 Å². The number of fused-ring (bicyclic) bond motifs is 2. The van der Waals surface area contributed by atoms with Crippen molar-refractivity contribution in [1.82, 2.24) is 10.6 Å². The van der Waals surface area contributed by atoms with Crippen LogP contribution in [0.5, 0.6) is 0 Å². The highest BCUT2D eigenvalue weighted by Gasteiger charge is 2.41. The predicted molar refractivity (Wildman–Crippen MR) is 95.1 cm³/mol. The molecular weight excluding hydrogens is 306 g/mol. The number of carbonyl (C=O) groups excluding carboxylic acids is 1. The number of ether oxygens (including phenoxy) is 2. The summed E-state index contributed by atoms with van der Waals surface area (Å²) < 4.78 is 10.8. The Balaban J connectivity index is 1.45. The first kappa shape index (κ1) is 19.0. The lowest BCUT2D eigenvalue weighted by Crippen LogP contribution is -2.47. The fourth-order valence-corrected chi connectivity index (χ4v) is 3.52. The van der Waals surface area contributed by atoms with Crippen molar-refractivity contribution in [2.75, 3.05) is 20.2 Å². The topological polar surface area (TPSA) is 72.0 Å². The zero-order chi connectivity index (χ0) is 17.2. The zero-order valence-electron chi connectivity index (χ0n) is 15.2. The molecule has 0 saturated carbocycles. The van der Waals surface area contributed by atoms with Crippen molar-refractivity contribution >= 4 is 11.9 Å². The summed E-state index contributed by atoms with van der Waals surface area (Å²) in [6.45, 7) is 3.26. The minimum Gasteiger partial charge on any atom is -0.466 e. The van der Waals surface area contributed by atoms with Crippen LogP contribution < -0.4 is 10.6 Å². The number of unbranched alkanes of at least 4 members (excludes halogenated alkanes) is 4. The van der Waals surface area contributed by atoms with Gasteiger partial charge in [-0.1, -0.05) is 19.3 Å². The molecule has 0 aromatic carbocycles. The summed E-state index contributed by atoms with van der Waals surface area (Å²) in [5.41, 5.74) is 0. The molecule has 2 fully saturated rings. The zero-order valence-corrected chi connectivity index (χ0v) is 15.2. The van der Waals surface area contributed by atoms with E-state index in [9.17, 15) is 4.79 Å². The van der Waals surface area contributed by atoms with Gasteiger partial charge >= 0.3 is 5.97 Å². The van der Waals surface area contributed by atoms with Gasteiger partial charge in [-0.2, -0.15) is 0 Å². The predicted octanol–water partition coefficient (Wildman–Crippen LogP) is 2.38. The number of carbonyl (C=O) groups is 1. The van der Waals surface area contributed by atoms with Crippen LogP contribution in [0.4, 0.5) is 0 Å². The molecule has 2 N–H and O–H groups in total. The van der Waals surface area contributed by atoms with Gasteiger partial charge in [0, 0.05) is 20.0 Å². The third-order valence-corrected chi connectivity index (χ3v) is 4.81. The van der Waals surface area contributed by atoms with Crippen LogP contribution in [-0.2, 0) is 14.3 Å². The molecule has 3 atom stereocenters. The number of nitrogens with one attached hydrogen (secondary N) is 2. The minimum atomic E-state index is -0.0707. The van der Waals surface area contributed by atoms with Gasteiger partial charge < -0.3 is 20.1 Å². The van der Waals surface area contributed by atoms with Gasteiger partial charge in [-0.15, -0.1) is 0 Å². The molecule has 2 heterocycles. The van der Waals surface area contributed by atoms with Crippen molar-refractivity contribution in [3.05, 3.63) is 0 Å². The monoisotopic (exact) mass is 339 g/mol. The Bertz CT molecular complexity index is 414. The molecule has 2 aliphatic rings. The van der Waals surface area contributed by atoms with E-state index in [2.05, 4.69) is 15.6 Å². The van der Waals surface area contributed by atoms with E-state index < -0.39 is 0 Å². The maximum absolute atomic E-state index is 11.2. The van der Waals surface area contributed by atoms with Crippen LogP contribution in [0.1, 0.15) is 64.7 Å². The van der Waals surface area contributed by atoms with E-state index in [0.717, 1.165) is 44.6 Å². The van der Waals surface area contributed by atoms with E-state index >= 15 is 0 Å². The third kappa shape index (κ3) is 6.30. The van der Waals surface area contributed by atoms with Gasteiger partial charge in [0.1, 0.15) is 0 Å². The maximum Gasteiger partial charge on any atom is 0.305 e. The fraction of sp³-hybridized carbons (Fsp3) is 0.889. The van der Waals surface area contributed by atoms with E-state index in [1.165, 1.54) is 19.3 Å². The van der Waals surface area contributed by atoms with Gasteiger partial charge in [0.2, 0.25) is 0 Å². The van der Waals surface area contributed by atoms with Crippen LogP contribution in [0, 0.1) is 0 Å². The molecule has 2 aliphatic heterocycles. The number of guanidine groups is 1. The molecule has 0 amide bonds. The van der Waals surface area contributed by atoms with Crippen molar-refractivity contribution in [1.29, 1.82) is 0 Å². The van der Waals surface area contributed by atoms with Gasteiger partial charge in [0.25, 0.3) is 0 Å². The highest BCUT2D eigenvalue weighted by atomic mass is 16.5. The highest BCUT2D eigenvalue weighted by molar-refractivity contribution is 5.80. The normalized spacial score (nSPS) is 25.8. The Morgan fingerprint density at radius 3 is 2.67 bits per heavy atom. The average molecular weight is 339 g/mol. The highest BCUT2D eigenvalue weighted by Crippen LogP contribution is 2.34. The van der Waals surface area contributed by atoms with Crippen molar-refractivity contribution < 1.29 is 14.3 Å². The quantitative estimate of drug-likeness (QED) is 0.277. The lowest BCUT2D eigenvalue weighted by atomic mass is 9.96. The van der Waals surface area contributed by atoms with Crippen molar-refractivity contribution in [2.24, 2.45) is 4.99 Å². The molecule has 2 rings (SSSR count). The van der Waals surface area contributed by atoms with Crippen molar-refractivity contribution in [3.8, 4) is 0 Å². The number of nitrogens with zero attached hydrogens (tertiary/aromatic N) is 1. The van der Waals surface area contributed by atoms with Crippen LogP contribution in [-0.4, -0.2) is 50.4 Å². The lowest BCUT2D eigenvalue weighted by molar-refractivity contribution is -0.143. The average Bonchev–Trinajstić information content (AvgIpc) is 3.19. The summed E-state index contributed by atoms with van der Waals surface area (Å²) in [6.07, 6.45) is 10.3. The van der Waals surface area contributed by atoms with Gasteiger partial charge in [-0.25, -0.2) is 0 Å².